The molecular formula is C27H38N2O5. The van der Waals surface area contributed by atoms with Gasteiger partial charge in [-0.15, -0.1) is 6.42 Å². The fourth-order valence-electron chi connectivity index (χ4n) is 3.83. The Bertz CT molecular complexity index is 1110. The number of pyridine rings is 1. The Morgan fingerprint density at radius 2 is 1.85 bits per heavy atom. The van der Waals surface area contributed by atoms with Crippen LogP contribution < -0.4 is 20.3 Å². The molecule has 2 N–H and O–H groups in total. The molecule has 0 aliphatic rings. The zero-order valence-corrected chi connectivity index (χ0v) is 21.4. The van der Waals surface area contributed by atoms with Crippen LogP contribution in [0.15, 0.2) is 23.0 Å². The first-order valence-corrected chi connectivity index (χ1v) is 11.7. The first-order chi connectivity index (χ1) is 15.8. The van der Waals surface area contributed by atoms with E-state index in [1.54, 1.807) is 22.8 Å². The molecule has 0 bridgehead atoms. The summed E-state index contributed by atoms with van der Waals surface area (Å²) in [6, 6.07) is 4.49. The van der Waals surface area contributed by atoms with E-state index in [4.69, 9.17) is 15.9 Å². The van der Waals surface area contributed by atoms with Gasteiger partial charge in [-0.2, -0.15) is 0 Å². The highest BCUT2D eigenvalue weighted by molar-refractivity contribution is 5.90. The van der Waals surface area contributed by atoms with E-state index in [-0.39, 0.29) is 17.6 Å². The van der Waals surface area contributed by atoms with Gasteiger partial charge in [-0.1, -0.05) is 60.8 Å². The number of nitrogens with one attached hydrogen (secondary N) is 1. The third kappa shape index (κ3) is 6.69. The second-order valence-electron chi connectivity index (χ2n) is 10.8. The Labute approximate surface area is 202 Å². The highest BCUT2D eigenvalue weighted by Gasteiger charge is 2.35. The molecule has 0 saturated carbocycles. The number of terminal acetylenes is 1. The fraction of sp³-hybridized carbons (Fsp3) is 0.556. The summed E-state index contributed by atoms with van der Waals surface area (Å²) in [6.45, 7) is 14.9. The topological polar surface area (TPSA) is 89.8 Å². The molecule has 1 aromatic carbocycles. The average molecular weight is 471 g/mol. The number of nitrogens with zero attached hydrogens (tertiary/aromatic N) is 1. The van der Waals surface area contributed by atoms with Crippen molar-refractivity contribution in [3.8, 4) is 23.8 Å². The van der Waals surface area contributed by atoms with E-state index in [0.29, 0.717) is 41.1 Å². The van der Waals surface area contributed by atoms with Gasteiger partial charge in [0, 0.05) is 11.9 Å². The molecule has 2 aromatic rings. The number of rotatable bonds is 9. The van der Waals surface area contributed by atoms with Gasteiger partial charge >= 0.3 is 6.09 Å². The SMILES string of the molecule is C#CCOc1ccc2c(=O)n(CC(C)(C)C)c(C(NC(=O)O)C(C)(C)C)c(OCCCC)c2c1. The van der Waals surface area contributed by atoms with Crippen molar-refractivity contribution >= 4 is 16.9 Å². The van der Waals surface area contributed by atoms with Crippen molar-refractivity contribution in [2.75, 3.05) is 13.2 Å². The standard InChI is InChI=1S/C27H38N2O5/c1-9-11-15-34-22-20-16-18(33-14-10-2)12-13-19(20)24(30)29(17-26(3,4)5)21(22)23(27(6,7)8)28-25(31)32/h2,12-13,16,23,28H,9,11,14-15,17H2,1,3-8H3,(H,31,32). The molecule has 7 heteroatoms. The molecule has 0 aliphatic heterocycles. The van der Waals surface area contributed by atoms with E-state index in [1.165, 1.54) is 0 Å². The molecule has 7 nitrogen and oxygen atoms in total. The van der Waals surface area contributed by atoms with Gasteiger partial charge < -0.3 is 24.5 Å². The number of hydrogen-bond acceptors (Lipinski definition) is 4. The van der Waals surface area contributed by atoms with Crippen molar-refractivity contribution in [1.82, 2.24) is 9.88 Å². The minimum Gasteiger partial charge on any atom is -0.491 e. The van der Waals surface area contributed by atoms with Gasteiger partial charge in [0.25, 0.3) is 5.56 Å². The maximum atomic E-state index is 13.8. The van der Waals surface area contributed by atoms with Gasteiger partial charge in [0.1, 0.15) is 18.1 Å². The summed E-state index contributed by atoms with van der Waals surface area (Å²) in [6.07, 6.45) is 5.93. The van der Waals surface area contributed by atoms with E-state index in [9.17, 15) is 14.7 Å². The normalized spacial score (nSPS) is 12.8. The lowest BCUT2D eigenvalue weighted by Crippen LogP contribution is -2.41. The molecule has 1 aromatic heterocycles. The summed E-state index contributed by atoms with van der Waals surface area (Å²) in [5.41, 5.74) is -0.465. The van der Waals surface area contributed by atoms with Crippen LogP contribution in [0.25, 0.3) is 10.8 Å². The van der Waals surface area contributed by atoms with Crippen LogP contribution in [0, 0.1) is 23.2 Å². The number of ether oxygens (including phenoxy) is 2. The first kappa shape index (κ1) is 27.1. The second kappa shape index (κ2) is 10.9. The Hall–Kier alpha value is -3.14. The van der Waals surface area contributed by atoms with Crippen molar-refractivity contribution in [1.29, 1.82) is 0 Å². The van der Waals surface area contributed by atoms with E-state index in [2.05, 4.69) is 18.2 Å². The molecule has 0 spiro atoms. The molecule has 0 radical (unpaired) electrons. The summed E-state index contributed by atoms with van der Waals surface area (Å²) in [7, 11) is 0. The highest BCUT2D eigenvalue weighted by Crippen LogP contribution is 2.41. The van der Waals surface area contributed by atoms with Crippen LogP contribution in [0.2, 0.25) is 0 Å². The van der Waals surface area contributed by atoms with Crippen molar-refractivity contribution in [2.24, 2.45) is 10.8 Å². The van der Waals surface area contributed by atoms with Crippen LogP contribution in [0.1, 0.15) is 73.0 Å². The summed E-state index contributed by atoms with van der Waals surface area (Å²) < 4.78 is 13.6. The lowest BCUT2D eigenvalue weighted by molar-refractivity contribution is 0.169. The van der Waals surface area contributed by atoms with Crippen LogP contribution in [-0.2, 0) is 6.54 Å². The van der Waals surface area contributed by atoms with Crippen LogP contribution in [0.3, 0.4) is 0 Å². The van der Waals surface area contributed by atoms with Crippen LogP contribution >= 0.6 is 0 Å². The van der Waals surface area contributed by atoms with E-state index < -0.39 is 17.6 Å². The molecule has 1 amide bonds. The number of fused-ring (bicyclic) bond motifs is 1. The number of aromatic nitrogens is 1. The Kier molecular flexibility index (Phi) is 8.66. The molecule has 186 valence electrons. The van der Waals surface area contributed by atoms with Crippen molar-refractivity contribution < 1.29 is 19.4 Å². The third-order valence-electron chi connectivity index (χ3n) is 5.34. The van der Waals surface area contributed by atoms with Crippen LogP contribution in [0.4, 0.5) is 4.79 Å². The molecule has 0 saturated heterocycles. The highest BCUT2D eigenvalue weighted by atomic mass is 16.5. The van der Waals surface area contributed by atoms with Crippen molar-refractivity contribution in [2.45, 2.75) is 73.9 Å². The number of unbranched alkanes of at least 4 members (excludes halogenated alkanes) is 1. The van der Waals surface area contributed by atoms with Gasteiger partial charge in [0.2, 0.25) is 0 Å². The summed E-state index contributed by atoms with van der Waals surface area (Å²) >= 11 is 0. The van der Waals surface area contributed by atoms with E-state index in [0.717, 1.165) is 12.8 Å². The van der Waals surface area contributed by atoms with Crippen molar-refractivity contribution in [3.05, 3.63) is 34.2 Å². The van der Waals surface area contributed by atoms with Crippen LogP contribution in [0.5, 0.6) is 11.5 Å². The lowest BCUT2D eigenvalue weighted by Gasteiger charge is -2.35. The van der Waals surface area contributed by atoms with Gasteiger partial charge in [-0.05, 0) is 35.4 Å². The Morgan fingerprint density at radius 3 is 2.38 bits per heavy atom. The number of hydrogen-bond donors (Lipinski definition) is 2. The predicted molar refractivity (Wildman–Crippen MR) is 136 cm³/mol. The summed E-state index contributed by atoms with van der Waals surface area (Å²) in [5.74, 6) is 3.45. The molecule has 0 fully saturated rings. The monoisotopic (exact) mass is 470 g/mol. The van der Waals surface area contributed by atoms with Gasteiger partial charge in [-0.25, -0.2) is 4.79 Å². The molecule has 2 rings (SSSR count). The summed E-state index contributed by atoms with van der Waals surface area (Å²) in [5, 5.41) is 13.4. The minimum atomic E-state index is -1.17. The molecule has 34 heavy (non-hydrogen) atoms. The zero-order valence-electron chi connectivity index (χ0n) is 21.4. The number of amides is 1. The zero-order chi connectivity index (χ0) is 25.7. The Balaban J connectivity index is 3.00. The minimum absolute atomic E-state index is 0.0939. The quantitative estimate of drug-likeness (QED) is 0.368. The molecule has 1 heterocycles. The maximum Gasteiger partial charge on any atom is 0.405 e. The first-order valence-electron chi connectivity index (χ1n) is 11.7. The maximum absolute atomic E-state index is 13.8. The van der Waals surface area contributed by atoms with Gasteiger partial charge in [0.05, 0.1) is 23.7 Å². The largest absolute Gasteiger partial charge is 0.491 e. The lowest BCUT2D eigenvalue weighted by atomic mass is 9.83. The number of carbonyl (C=O) groups is 1. The Morgan fingerprint density at radius 1 is 1.18 bits per heavy atom. The number of carboxylic acid groups (broad SMARTS) is 1. The fourth-order valence-corrected chi connectivity index (χ4v) is 3.83. The molecule has 0 aliphatic carbocycles. The van der Waals surface area contributed by atoms with E-state index >= 15 is 0 Å². The summed E-state index contributed by atoms with van der Waals surface area (Å²) in [4.78, 5) is 25.7. The molecule has 1 atom stereocenters. The predicted octanol–water partition coefficient (Wildman–Crippen LogP) is 5.59. The van der Waals surface area contributed by atoms with E-state index in [1.807, 2.05) is 41.5 Å². The average Bonchev–Trinajstić information content (AvgIpc) is 2.72. The van der Waals surface area contributed by atoms with Crippen LogP contribution in [-0.4, -0.2) is 29.0 Å². The smallest absolute Gasteiger partial charge is 0.405 e. The third-order valence-corrected chi connectivity index (χ3v) is 5.34. The van der Waals surface area contributed by atoms with Crippen molar-refractivity contribution in [3.63, 3.8) is 0 Å². The molecule has 1 unspecified atom stereocenters. The van der Waals surface area contributed by atoms with Gasteiger partial charge in [-0.3, -0.25) is 4.79 Å². The molecular weight excluding hydrogens is 432 g/mol. The number of benzene rings is 1. The van der Waals surface area contributed by atoms with Gasteiger partial charge in [0.15, 0.2) is 0 Å². The second-order valence-corrected chi connectivity index (χ2v) is 10.8.